The van der Waals surface area contributed by atoms with Crippen LogP contribution >= 0.6 is 0 Å². The minimum Gasteiger partial charge on any atom is -0.493 e. The SMILES string of the molecule is CCOC(=O)C12CC=CCC13c1cc(OC)c(OC)cc1CCN3C(=O)C2=O. The summed E-state index contributed by atoms with van der Waals surface area (Å²) in [4.78, 5) is 41.0. The van der Waals surface area contributed by atoms with Crippen LogP contribution in [0.2, 0.25) is 0 Å². The average molecular weight is 385 g/mol. The molecule has 7 heteroatoms. The first-order valence-corrected chi connectivity index (χ1v) is 9.42. The number of Topliss-reactive ketones (excluding diaryl/α,β-unsaturated/α-hetero) is 1. The second kappa shape index (κ2) is 6.36. The number of hydrogen-bond acceptors (Lipinski definition) is 6. The molecular formula is C21H23NO6. The molecule has 148 valence electrons. The Balaban J connectivity index is 2.04. The first-order valence-electron chi connectivity index (χ1n) is 9.42. The van der Waals surface area contributed by atoms with E-state index in [4.69, 9.17) is 14.2 Å². The lowest BCUT2D eigenvalue weighted by molar-refractivity contribution is -0.166. The van der Waals surface area contributed by atoms with Gasteiger partial charge in [-0.25, -0.2) is 0 Å². The number of carbonyl (C=O) groups is 3. The summed E-state index contributed by atoms with van der Waals surface area (Å²) in [6.07, 6.45) is 4.81. The van der Waals surface area contributed by atoms with Crippen molar-refractivity contribution in [3.05, 3.63) is 35.4 Å². The largest absolute Gasteiger partial charge is 0.493 e. The van der Waals surface area contributed by atoms with E-state index in [2.05, 4.69) is 0 Å². The highest BCUT2D eigenvalue weighted by Crippen LogP contribution is 2.60. The molecule has 1 aromatic carbocycles. The van der Waals surface area contributed by atoms with Crippen LogP contribution in [0, 0.1) is 5.41 Å². The number of ether oxygens (including phenoxy) is 3. The third kappa shape index (κ3) is 2.02. The number of fused-ring (bicyclic) bond motifs is 1. The van der Waals surface area contributed by atoms with Gasteiger partial charge in [0.1, 0.15) is 0 Å². The molecule has 0 bridgehead atoms. The maximum absolute atomic E-state index is 13.2. The van der Waals surface area contributed by atoms with E-state index in [1.807, 2.05) is 12.1 Å². The molecule has 3 aliphatic rings. The van der Waals surface area contributed by atoms with Crippen LogP contribution in [-0.4, -0.2) is 49.9 Å². The van der Waals surface area contributed by atoms with Crippen molar-refractivity contribution in [2.45, 2.75) is 31.7 Å². The van der Waals surface area contributed by atoms with Crippen LogP contribution in [0.5, 0.6) is 11.5 Å². The van der Waals surface area contributed by atoms with Gasteiger partial charge in [0.2, 0.25) is 5.78 Å². The van der Waals surface area contributed by atoms with E-state index in [1.165, 1.54) is 7.11 Å². The average Bonchev–Trinajstić information content (AvgIpc) is 2.92. The molecule has 28 heavy (non-hydrogen) atoms. The number of hydrogen-bond donors (Lipinski definition) is 0. The van der Waals surface area contributed by atoms with Crippen LogP contribution in [0.4, 0.5) is 0 Å². The topological polar surface area (TPSA) is 82.1 Å². The van der Waals surface area contributed by atoms with Crippen molar-refractivity contribution in [3.63, 3.8) is 0 Å². The van der Waals surface area contributed by atoms with Gasteiger partial charge in [-0.05, 0) is 49.4 Å². The lowest BCUT2D eigenvalue weighted by Crippen LogP contribution is -2.59. The number of benzene rings is 1. The molecular weight excluding hydrogens is 362 g/mol. The Kier molecular flexibility index (Phi) is 4.21. The normalized spacial score (nSPS) is 27.8. The number of rotatable bonds is 4. The maximum atomic E-state index is 13.2. The van der Waals surface area contributed by atoms with Crippen LogP contribution < -0.4 is 9.47 Å². The molecule has 4 rings (SSSR count). The molecule has 2 unspecified atom stereocenters. The van der Waals surface area contributed by atoms with Gasteiger partial charge in [-0.1, -0.05) is 12.2 Å². The summed E-state index contributed by atoms with van der Waals surface area (Å²) in [5.74, 6) is -0.857. The second-order valence-corrected chi connectivity index (χ2v) is 7.27. The Bertz CT molecular complexity index is 906. The van der Waals surface area contributed by atoms with Crippen molar-refractivity contribution in [2.24, 2.45) is 5.41 Å². The van der Waals surface area contributed by atoms with Gasteiger partial charge in [0.05, 0.1) is 26.4 Å². The molecule has 2 aliphatic heterocycles. The van der Waals surface area contributed by atoms with Gasteiger partial charge in [-0.15, -0.1) is 0 Å². The smallest absolute Gasteiger partial charge is 0.323 e. The van der Waals surface area contributed by atoms with Gasteiger partial charge >= 0.3 is 5.97 Å². The first kappa shape index (κ1) is 18.5. The minimum atomic E-state index is -1.58. The highest BCUT2D eigenvalue weighted by molar-refractivity contribution is 6.45. The van der Waals surface area contributed by atoms with Crippen LogP contribution in [0.1, 0.15) is 30.9 Å². The quantitative estimate of drug-likeness (QED) is 0.340. The van der Waals surface area contributed by atoms with E-state index < -0.39 is 28.6 Å². The Morgan fingerprint density at radius 3 is 2.46 bits per heavy atom. The molecule has 1 saturated heterocycles. The summed E-state index contributed by atoms with van der Waals surface area (Å²) >= 11 is 0. The van der Waals surface area contributed by atoms with Gasteiger partial charge < -0.3 is 19.1 Å². The molecule has 0 N–H and O–H groups in total. The van der Waals surface area contributed by atoms with E-state index in [1.54, 1.807) is 31.1 Å². The lowest BCUT2D eigenvalue weighted by Gasteiger charge is -2.51. The van der Waals surface area contributed by atoms with Gasteiger partial charge in [-0.3, -0.25) is 14.4 Å². The van der Waals surface area contributed by atoms with E-state index >= 15 is 0 Å². The van der Waals surface area contributed by atoms with Crippen LogP contribution in [0.3, 0.4) is 0 Å². The first-order chi connectivity index (χ1) is 13.5. The molecule has 1 spiro atoms. The minimum absolute atomic E-state index is 0.140. The Morgan fingerprint density at radius 2 is 1.79 bits per heavy atom. The third-order valence-electron chi connectivity index (χ3n) is 6.28. The van der Waals surface area contributed by atoms with Crippen molar-refractivity contribution < 1.29 is 28.6 Å². The zero-order valence-electron chi connectivity index (χ0n) is 16.2. The van der Waals surface area contributed by atoms with Crippen LogP contribution in [0.25, 0.3) is 0 Å². The zero-order valence-corrected chi connectivity index (χ0v) is 16.2. The predicted molar refractivity (Wildman–Crippen MR) is 99.1 cm³/mol. The second-order valence-electron chi connectivity index (χ2n) is 7.27. The zero-order chi connectivity index (χ0) is 20.1. The molecule has 1 aromatic rings. The number of esters is 1. The summed E-state index contributed by atoms with van der Waals surface area (Å²) < 4.78 is 16.2. The summed E-state index contributed by atoms with van der Waals surface area (Å²) in [5.41, 5.74) is -0.979. The number of carbonyl (C=O) groups excluding carboxylic acids is 3. The number of methoxy groups -OCH3 is 2. The summed E-state index contributed by atoms with van der Waals surface area (Å²) in [5, 5.41) is 0. The molecule has 0 saturated carbocycles. The third-order valence-corrected chi connectivity index (χ3v) is 6.28. The molecule has 2 heterocycles. The van der Waals surface area contributed by atoms with Crippen molar-refractivity contribution in [3.8, 4) is 11.5 Å². The van der Waals surface area contributed by atoms with Crippen LogP contribution in [-0.2, 0) is 31.1 Å². The molecule has 7 nitrogen and oxygen atoms in total. The Hall–Kier alpha value is -2.83. The summed E-state index contributed by atoms with van der Waals surface area (Å²) in [7, 11) is 3.10. The van der Waals surface area contributed by atoms with Gasteiger partial charge in [0.25, 0.3) is 5.91 Å². The Labute approximate surface area is 163 Å². The molecule has 2 atom stereocenters. The van der Waals surface area contributed by atoms with Crippen LogP contribution in [0.15, 0.2) is 24.3 Å². The van der Waals surface area contributed by atoms with Gasteiger partial charge in [0, 0.05) is 6.54 Å². The number of ketones is 1. The summed E-state index contributed by atoms with van der Waals surface area (Å²) in [6, 6.07) is 3.68. The maximum Gasteiger partial charge on any atom is 0.323 e. The predicted octanol–water partition coefficient (Wildman–Crippen LogP) is 1.77. The fraction of sp³-hybridized carbons (Fsp3) is 0.476. The van der Waals surface area contributed by atoms with Crippen molar-refractivity contribution in [1.29, 1.82) is 0 Å². The highest BCUT2D eigenvalue weighted by Gasteiger charge is 2.74. The molecule has 0 aromatic heterocycles. The molecule has 1 aliphatic carbocycles. The Morgan fingerprint density at radius 1 is 1.11 bits per heavy atom. The highest BCUT2D eigenvalue weighted by atomic mass is 16.5. The fourth-order valence-electron chi connectivity index (χ4n) is 5.08. The van der Waals surface area contributed by atoms with Gasteiger partial charge in [-0.2, -0.15) is 0 Å². The number of amides is 1. The molecule has 1 amide bonds. The fourth-order valence-corrected chi connectivity index (χ4v) is 5.08. The van der Waals surface area contributed by atoms with Gasteiger partial charge in [0.15, 0.2) is 16.9 Å². The number of allylic oxidation sites excluding steroid dienone is 1. The summed E-state index contributed by atoms with van der Waals surface area (Å²) in [6.45, 7) is 2.20. The van der Waals surface area contributed by atoms with Crippen molar-refractivity contribution in [2.75, 3.05) is 27.4 Å². The van der Waals surface area contributed by atoms with Crippen molar-refractivity contribution >= 4 is 17.7 Å². The van der Waals surface area contributed by atoms with E-state index in [9.17, 15) is 14.4 Å². The standard InChI is InChI=1S/C21H23NO6/c1-4-28-19(25)20-8-5-6-9-21(20)14-12-16(27-3)15(26-2)11-13(14)7-10-22(21)18(24)17(20)23/h5-6,11-12H,4,7-10H2,1-3H3. The monoisotopic (exact) mass is 385 g/mol. The van der Waals surface area contributed by atoms with E-state index in [0.717, 1.165) is 11.1 Å². The molecule has 0 radical (unpaired) electrons. The number of nitrogens with zero attached hydrogens (tertiary/aromatic N) is 1. The van der Waals surface area contributed by atoms with E-state index in [0.29, 0.717) is 30.9 Å². The lowest BCUT2D eigenvalue weighted by atomic mass is 9.58. The van der Waals surface area contributed by atoms with E-state index in [-0.39, 0.29) is 13.0 Å². The molecule has 1 fully saturated rings. The van der Waals surface area contributed by atoms with Crippen molar-refractivity contribution in [1.82, 2.24) is 4.90 Å².